The van der Waals surface area contributed by atoms with Crippen LogP contribution in [0.4, 0.5) is 8.78 Å². The molecule has 108 valence electrons. The largest absolute Gasteiger partial charge is 0.481 e. The third kappa shape index (κ3) is 3.12. The Kier molecular flexibility index (Phi) is 4.32. The van der Waals surface area contributed by atoms with Gasteiger partial charge in [-0.15, -0.1) is 0 Å². The van der Waals surface area contributed by atoms with Gasteiger partial charge in [0, 0.05) is 18.2 Å². The van der Waals surface area contributed by atoms with Crippen LogP contribution < -0.4 is 0 Å². The number of likely N-dealkylation sites (tertiary alicyclic amines) is 1. The number of carboxylic acid groups (broad SMARTS) is 1. The lowest BCUT2D eigenvalue weighted by molar-refractivity contribution is -0.138. The van der Waals surface area contributed by atoms with Crippen LogP contribution in [-0.4, -0.2) is 34.5 Å². The minimum atomic E-state index is -1.08. The van der Waals surface area contributed by atoms with Crippen molar-refractivity contribution >= 4 is 11.9 Å². The predicted octanol–water partition coefficient (Wildman–Crippen LogP) is 2.43. The molecule has 0 radical (unpaired) electrons. The minimum Gasteiger partial charge on any atom is -0.481 e. The molecule has 0 bridgehead atoms. The zero-order chi connectivity index (χ0) is 14.7. The van der Waals surface area contributed by atoms with Gasteiger partial charge >= 0.3 is 5.97 Å². The highest BCUT2D eigenvalue weighted by molar-refractivity contribution is 5.94. The van der Waals surface area contributed by atoms with Crippen molar-refractivity contribution in [2.45, 2.75) is 31.7 Å². The van der Waals surface area contributed by atoms with Gasteiger partial charge in [0.15, 0.2) is 11.6 Å². The van der Waals surface area contributed by atoms with E-state index in [9.17, 15) is 18.4 Å². The lowest BCUT2D eigenvalue weighted by Crippen LogP contribution is -2.44. The Morgan fingerprint density at radius 3 is 2.65 bits per heavy atom. The summed E-state index contributed by atoms with van der Waals surface area (Å²) in [6.45, 7) is 0.440. The number of nitrogens with zero attached hydrogens (tertiary/aromatic N) is 1. The van der Waals surface area contributed by atoms with E-state index >= 15 is 0 Å². The second kappa shape index (κ2) is 5.98. The molecule has 1 aliphatic rings. The summed E-state index contributed by atoms with van der Waals surface area (Å²) < 4.78 is 26.0. The molecule has 1 fully saturated rings. The van der Waals surface area contributed by atoms with Gasteiger partial charge in [0.05, 0.1) is 6.42 Å². The van der Waals surface area contributed by atoms with E-state index in [0.717, 1.165) is 25.0 Å². The molecule has 0 saturated carbocycles. The van der Waals surface area contributed by atoms with E-state index in [1.54, 1.807) is 0 Å². The molecule has 1 aliphatic heterocycles. The van der Waals surface area contributed by atoms with Crippen LogP contribution in [0.1, 0.15) is 36.0 Å². The zero-order valence-electron chi connectivity index (χ0n) is 10.8. The van der Waals surface area contributed by atoms with Crippen LogP contribution in [0.3, 0.4) is 0 Å². The first-order valence-corrected chi connectivity index (χ1v) is 6.47. The monoisotopic (exact) mass is 283 g/mol. The Labute approximate surface area is 115 Å². The fourth-order valence-corrected chi connectivity index (χ4v) is 2.48. The summed E-state index contributed by atoms with van der Waals surface area (Å²) in [7, 11) is 0. The topological polar surface area (TPSA) is 57.6 Å². The van der Waals surface area contributed by atoms with Crippen LogP contribution in [0.25, 0.3) is 0 Å². The van der Waals surface area contributed by atoms with Gasteiger partial charge in [-0.25, -0.2) is 8.78 Å². The Morgan fingerprint density at radius 2 is 2.00 bits per heavy atom. The average molecular weight is 283 g/mol. The number of carbonyl (C=O) groups is 2. The summed E-state index contributed by atoms with van der Waals surface area (Å²) in [6, 6.07) is 2.58. The maximum atomic E-state index is 13.2. The smallest absolute Gasteiger partial charge is 0.305 e. The summed E-state index contributed by atoms with van der Waals surface area (Å²) in [6.07, 6.45) is 2.13. The van der Waals surface area contributed by atoms with Crippen LogP contribution in [0.2, 0.25) is 0 Å². The molecule has 4 nitrogen and oxygen atoms in total. The first-order valence-electron chi connectivity index (χ1n) is 6.47. The van der Waals surface area contributed by atoms with Gasteiger partial charge < -0.3 is 10.0 Å². The molecule has 1 N–H and O–H groups in total. The summed E-state index contributed by atoms with van der Waals surface area (Å²) in [5, 5.41) is 8.87. The van der Waals surface area contributed by atoms with Crippen molar-refractivity contribution in [3.63, 3.8) is 0 Å². The number of aliphatic carboxylic acids is 1. The van der Waals surface area contributed by atoms with Crippen molar-refractivity contribution in [2.24, 2.45) is 0 Å². The zero-order valence-corrected chi connectivity index (χ0v) is 10.8. The molecular formula is C14H15F2NO3. The van der Waals surface area contributed by atoms with Crippen LogP contribution in [0.15, 0.2) is 18.2 Å². The molecule has 0 spiro atoms. The molecule has 0 aliphatic carbocycles. The second-order valence-corrected chi connectivity index (χ2v) is 4.87. The fourth-order valence-electron chi connectivity index (χ4n) is 2.48. The van der Waals surface area contributed by atoms with Crippen molar-refractivity contribution in [2.75, 3.05) is 6.54 Å². The number of rotatable bonds is 3. The number of hydrogen-bond acceptors (Lipinski definition) is 2. The molecule has 20 heavy (non-hydrogen) atoms. The third-order valence-electron chi connectivity index (χ3n) is 3.46. The molecule has 2 rings (SSSR count). The molecule has 0 aromatic heterocycles. The molecule has 1 aromatic carbocycles. The summed E-state index contributed by atoms with van der Waals surface area (Å²) >= 11 is 0. The van der Waals surface area contributed by atoms with Gasteiger partial charge in [-0.1, -0.05) is 0 Å². The minimum absolute atomic E-state index is 0.0428. The molecule has 1 saturated heterocycles. The molecule has 1 atom stereocenters. The van der Waals surface area contributed by atoms with Gasteiger partial charge in [0.25, 0.3) is 5.91 Å². The summed E-state index contributed by atoms with van der Waals surface area (Å²) in [5.41, 5.74) is 0.0428. The first kappa shape index (κ1) is 14.4. The summed E-state index contributed by atoms with van der Waals surface area (Å²) in [4.78, 5) is 24.6. The van der Waals surface area contributed by atoms with Crippen molar-refractivity contribution in [3.05, 3.63) is 35.4 Å². The number of piperidine rings is 1. The highest BCUT2D eigenvalue weighted by Gasteiger charge is 2.29. The lowest BCUT2D eigenvalue weighted by atomic mass is 9.98. The fraction of sp³-hybridized carbons (Fsp3) is 0.429. The number of halogens is 2. The van der Waals surface area contributed by atoms with Crippen LogP contribution in [0.5, 0.6) is 0 Å². The quantitative estimate of drug-likeness (QED) is 0.927. The highest BCUT2D eigenvalue weighted by atomic mass is 19.2. The maximum Gasteiger partial charge on any atom is 0.305 e. The van der Waals surface area contributed by atoms with Crippen LogP contribution in [0, 0.1) is 11.6 Å². The Bertz CT molecular complexity index is 533. The van der Waals surface area contributed by atoms with E-state index in [0.29, 0.717) is 13.0 Å². The number of carbonyl (C=O) groups excluding carboxylic acids is 1. The third-order valence-corrected chi connectivity index (χ3v) is 3.46. The van der Waals surface area contributed by atoms with E-state index in [1.807, 2.05) is 0 Å². The maximum absolute atomic E-state index is 13.2. The van der Waals surface area contributed by atoms with E-state index in [2.05, 4.69) is 0 Å². The second-order valence-electron chi connectivity index (χ2n) is 4.87. The van der Waals surface area contributed by atoms with Gasteiger partial charge in [-0.05, 0) is 37.5 Å². The molecule has 6 heteroatoms. The molecule has 1 aromatic rings. The summed E-state index contributed by atoms with van der Waals surface area (Å²) in [5.74, 6) is -3.51. The van der Waals surface area contributed by atoms with Gasteiger partial charge in [0.1, 0.15) is 0 Å². The Balaban J connectivity index is 2.20. The SMILES string of the molecule is O=C(O)CC1CCCCN1C(=O)c1ccc(F)c(F)c1. The predicted molar refractivity (Wildman–Crippen MR) is 67.3 cm³/mol. The van der Waals surface area contributed by atoms with Gasteiger partial charge in [-0.3, -0.25) is 9.59 Å². The molecule has 1 unspecified atom stereocenters. The van der Waals surface area contributed by atoms with Crippen molar-refractivity contribution in [1.82, 2.24) is 4.90 Å². The van der Waals surface area contributed by atoms with E-state index in [4.69, 9.17) is 5.11 Å². The van der Waals surface area contributed by atoms with Crippen molar-refractivity contribution in [3.8, 4) is 0 Å². The highest BCUT2D eigenvalue weighted by Crippen LogP contribution is 2.22. The van der Waals surface area contributed by atoms with Crippen LogP contribution in [-0.2, 0) is 4.79 Å². The lowest BCUT2D eigenvalue weighted by Gasteiger charge is -2.35. The number of hydrogen-bond donors (Lipinski definition) is 1. The van der Waals surface area contributed by atoms with E-state index in [-0.39, 0.29) is 18.0 Å². The van der Waals surface area contributed by atoms with Crippen molar-refractivity contribution in [1.29, 1.82) is 0 Å². The standard InChI is InChI=1S/C14H15F2NO3/c15-11-5-4-9(7-12(11)16)14(20)17-6-2-1-3-10(17)8-13(18)19/h4-5,7,10H,1-3,6,8H2,(H,18,19). The Hall–Kier alpha value is -1.98. The molecular weight excluding hydrogens is 268 g/mol. The number of amides is 1. The first-order chi connectivity index (χ1) is 9.49. The molecule has 1 amide bonds. The normalized spacial score (nSPS) is 18.9. The van der Waals surface area contributed by atoms with Crippen LogP contribution >= 0.6 is 0 Å². The number of benzene rings is 1. The average Bonchev–Trinajstić information content (AvgIpc) is 2.41. The van der Waals surface area contributed by atoms with Gasteiger partial charge in [0.2, 0.25) is 0 Å². The molecule has 1 heterocycles. The van der Waals surface area contributed by atoms with Gasteiger partial charge in [-0.2, -0.15) is 0 Å². The van der Waals surface area contributed by atoms with E-state index < -0.39 is 23.5 Å². The Morgan fingerprint density at radius 1 is 1.25 bits per heavy atom. The van der Waals surface area contributed by atoms with Crippen molar-refractivity contribution < 1.29 is 23.5 Å². The number of carboxylic acids is 1. The van der Waals surface area contributed by atoms with E-state index in [1.165, 1.54) is 11.0 Å².